The van der Waals surface area contributed by atoms with Crippen molar-refractivity contribution in [1.82, 2.24) is 10.3 Å². The van der Waals surface area contributed by atoms with E-state index in [9.17, 15) is 19.7 Å². The molecule has 0 spiro atoms. The van der Waals surface area contributed by atoms with Crippen molar-refractivity contribution in [3.8, 4) is 0 Å². The molecule has 2 aromatic rings. The van der Waals surface area contributed by atoms with Crippen LogP contribution in [0.25, 0.3) is 0 Å². The number of pyridine rings is 1. The quantitative estimate of drug-likeness (QED) is 0.474. The molecule has 1 amide bonds. The number of aryl methyl sites for hydroxylation is 2. The maximum atomic E-state index is 11.9. The van der Waals surface area contributed by atoms with Gasteiger partial charge in [-0.25, -0.2) is 0 Å². The van der Waals surface area contributed by atoms with E-state index in [0.717, 1.165) is 16.2 Å². The number of nitrogens with one attached hydrogen (secondary N) is 2. The van der Waals surface area contributed by atoms with E-state index in [1.807, 2.05) is 13.0 Å². The van der Waals surface area contributed by atoms with Crippen molar-refractivity contribution in [2.24, 2.45) is 0 Å². The molecule has 0 saturated heterocycles. The molecule has 0 aliphatic rings. The van der Waals surface area contributed by atoms with Crippen molar-refractivity contribution >= 4 is 23.4 Å². The van der Waals surface area contributed by atoms with Crippen LogP contribution >= 0.6 is 11.8 Å². The summed E-state index contributed by atoms with van der Waals surface area (Å²) in [5.41, 5.74) is 1.96. The smallest absolute Gasteiger partial charge is 0.269 e. The molecule has 0 atom stereocenters. The zero-order valence-corrected chi connectivity index (χ0v) is 14.1. The SMILES string of the molecule is Cc1cc(C)c(CNC(=O)CSc2ccc([N+](=O)[O-])cc2)c(=O)[nH]1. The summed E-state index contributed by atoms with van der Waals surface area (Å²) < 4.78 is 0. The zero-order chi connectivity index (χ0) is 17.7. The second-order valence-corrected chi connectivity index (χ2v) is 6.31. The lowest BCUT2D eigenvalue weighted by Crippen LogP contribution is -2.29. The van der Waals surface area contributed by atoms with Crippen molar-refractivity contribution in [2.45, 2.75) is 25.3 Å². The van der Waals surface area contributed by atoms with Gasteiger partial charge in [-0.1, -0.05) is 0 Å². The van der Waals surface area contributed by atoms with Gasteiger partial charge in [0, 0.05) is 34.8 Å². The van der Waals surface area contributed by atoms with Crippen molar-refractivity contribution in [3.63, 3.8) is 0 Å². The van der Waals surface area contributed by atoms with Gasteiger partial charge in [0.05, 0.1) is 10.7 Å². The van der Waals surface area contributed by atoms with Crippen LogP contribution in [0.3, 0.4) is 0 Å². The van der Waals surface area contributed by atoms with Crippen LogP contribution in [0.4, 0.5) is 5.69 Å². The van der Waals surface area contributed by atoms with Gasteiger partial charge in [-0.15, -0.1) is 11.8 Å². The van der Waals surface area contributed by atoms with Gasteiger partial charge < -0.3 is 10.3 Å². The lowest BCUT2D eigenvalue weighted by atomic mass is 10.1. The third-order valence-corrected chi connectivity index (χ3v) is 4.39. The number of rotatable bonds is 6. The molecule has 1 aromatic heterocycles. The number of nitrogens with zero attached hydrogens (tertiary/aromatic N) is 1. The molecule has 1 aromatic carbocycles. The summed E-state index contributed by atoms with van der Waals surface area (Å²) in [7, 11) is 0. The van der Waals surface area contributed by atoms with E-state index < -0.39 is 4.92 Å². The largest absolute Gasteiger partial charge is 0.351 e. The predicted octanol–water partition coefficient (Wildman–Crippen LogP) is 2.31. The normalized spacial score (nSPS) is 10.4. The molecule has 126 valence electrons. The van der Waals surface area contributed by atoms with E-state index in [2.05, 4.69) is 10.3 Å². The molecule has 0 aliphatic carbocycles. The first-order valence-corrected chi connectivity index (χ1v) is 8.18. The number of carbonyl (C=O) groups excluding carboxylic acids is 1. The maximum absolute atomic E-state index is 11.9. The van der Waals surface area contributed by atoms with Gasteiger partial charge in [0.25, 0.3) is 11.2 Å². The molecule has 0 aliphatic heterocycles. The number of nitro benzene ring substituents is 1. The Hall–Kier alpha value is -2.61. The first-order valence-electron chi connectivity index (χ1n) is 7.20. The molecule has 7 nitrogen and oxygen atoms in total. The monoisotopic (exact) mass is 347 g/mol. The summed E-state index contributed by atoms with van der Waals surface area (Å²) in [4.78, 5) is 37.4. The number of carbonyl (C=O) groups is 1. The molecule has 2 N–H and O–H groups in total. The number of hydrogen-bond acceptors (Lipinski definition) is 5. The molecule has 1 heterocycles. The lowest BCUT2D eigenvalue weighted by molar-refractivity contribution is -0.384. The third-order valence-electron chi connectivity index (χ3n) is 3.37. The fraction of sp³-hybridized carbons (Fsp3) is 0.250. The number of non-ortho nitro benzene ring substituents is 1. The van der Waals surface area contributed by atoms with E-state index in [1.54, 1.807) is 19.1 Å². The van der Waals surface area contributed by atoms with Crippen LogP contribution in [0.1, 0.15) is 16.8 Å². The standard InChI is InChI=1S/C16H17N3O4S/c1-10-7-11(2)18-16(21)14(10)8-17-15(20)9-24-13-5-3-12(4-6-13)19(22)23/h3-7H,8-9H2,1-2H3,(H,17,20)(H,18,21). The van der Waals surface area contributed by atoms with Crippen LogP contribution in [0, 0.1) is 24.0 Å². The Labute approximate surface area is 142 Å². The molecule has 0 saturated carbocycles. The first-order chi connectivity index (χ1) is 11.4. The Morgan fingerprint density at radius 1 is 1.29 bits per heavy atom. The number of amides is 1. The van der Waals surface area contributed by atoms with Gasteiger partial charge >= 0.3 is 0 Å². The van der Waals surface area contributed by atoms with Crippen LogP contribution in [0.5, 0.6) is 0 Å². The lowest BCUT2D eigenvalue weighted by Gasteiger charge is -2.08. The van der Waals surface area contributed by atoms with Crippen LogP contribution in [-0.4, -0.2) is 21.6 Å². The van der Waals surface area contributed by atoms with Crippen molar-refractivity contribution in [2.75, 3.05) is 5.75 Å². The van der Waals surface area contributed by atoms with Crippen LogP contribution in [0.2, 0.25) is 0 Å². The highest BCUT2D eigenvalue weighted by molar-refractivity contribution is 8.00. The minimum absolute atomic E-state index is 0.0119. The summed E-state index contributed by atoms with van der Waals surface area (Å²) in [6.07, 6.45) is 0. The summed E-state index contributed by atoms with van der Waals surface area (Å²) >= 11 is 1.27. The number of aromatic nitrogens is 1. The Kier molecular flexibility index (Phi) is 5.75. The highest BCUT2D eigenvalue weighted by Gasteiger charge is 2.09. The zero-order valence-electron chi connectivity index (χ0n) is 13.3. The molecule has 0 bridgehead atoms. The molecule has 0 radical (unpaired) electrons. The fourth-order valence-electron chi connectivity index (χ4n) is 2.15. The summed E-state index contributed by atoms with van der Waals surface area (Å²) in [6, 6.07) is 7.86. The Balaban J connectivity index is 1.88. The Morgan fingerprint density at radius 2 is 1.96 bits per heavy atom. The van der Waals surface area contributed by atoms with Gasteiger partial charge in [-0.2, -0.15) is 0 Å². The van der Waals surface area contributed by atoms with Gasteiger partial charge in [0.1, 0.15) is 0 Å². The second-order valence-electron chi connectivity index (χ2n) is 5.26. The fourth-order valence-corrected chi connectivity index (χ4v) is 2.88. The molecule has 0 fully saturated rings. The molecular weight excluding hydrogens is 330 g/mol. The van der Waals surface area contributed by atoms with E-state index in [-0.39, 0.29) is 29.5 Å². The molecule has 8 heteroatoms. The Morgan fingerprint density at radius 3 is 2.54 bits per heavy atom. The number of aromatic amines is 1. The number of H-pyrrole nitrogens is 1. The van der Waals surface area contributed by atoms with E-state index in [0.29, 0.717) is 5.56 Å². The van der Waals surface area contributed by atoms with Gasteiger partial charge in [0.15, 0.2) is 0 Å². The van der Waals surface area contributed by atoms with Crippen molar-refractivity contribution in [1.29, 1.82) is 0 Å². The van der Waals surface area contributed by atoms with Gasteiger partial charge in [-0.3, -0.25) is 19.7 Å². The van der Waals surface area contributed by atoms with E-state index in [4.69, 9.17) is 0 Å². The predicted molar refractivity (Wildman–Crippen MR) is 92.2 cm³/mol. The average molecular weight is 347 g/mol. The number of benzene rings is 1. The minimum atomic E-state index is -0.470. The van der Waals surface area contributed by atoms with Crippen LogP contribution in [0.15, 0.2) is 40.0 Å². The van der Waals surface area contributed by atoms with Gasteiger partial charge in [-0.05, 0) is 37.6 Å². The summed E-state index contributed by atoms with van der Waals surface area (Å²) in [5, 5.41) is 13.3. The molecule has 2 rings (SSSR count). The first kappa shape index (κ1) is 17.7. The minimum Gasteiger partial charge on any atom is -0.351 e. The van der Waals surface area contributed by atoms with Crippen LogP contribution < -0.4 is 10.9 Å². The summed E-state index contributed by atoms with van der Waals surface area (Å²) in [6.45, 7) is 3.80. The highest BCUT2D eigenvalue weighted by atomic mass is 32.2. The Bertz CT molecular complexity index is 815. The number of nitro groups is 1. The highest BCUT2D eigenvalue weighted by Crippen LogP contribution is 2.21. The topological polar surface area (TPSA) is 105 Å². The third kappa shape index (κ3) is 4.69. The van der Waals surface area contributed by atoms with E-state index in [1.165, 1.54) is 23.9 Å². The second kappa shape index (κ2) is 7.78. The number of thioether (sulfide) groups is 1. The average Bonchev–Trinajstić information content (AvgIpc) is 2.52. The van der Waals surface area contributed by atoms with Gasteiger partial charge in [0.2, 0.25) is 5.91 Å². The van der Waals surface area contributed by atoms with Crippen LogP contribution in [-0.2, 0) is 11.3 Å². The molecule has 24 heavy (non-hydrogen) atoms. The van der Waals surface area contributed by atoms with Crippen molar-refractivity contribution < 1.29 is 9.72 Å². The molecule has 0 unspecified atom stereocenters. The van der Waals surface area contributed by atoms with E-state index >= 15 is 0 Å². The number of hydrogen-bond donors (Lipinski definition) is 2. The maximum Gasteiger partial charge on any atom is 0.269 e. The van der Waals surface area contributed by atoms with Crippen molar-refractivity contribution in [3.05, 3.63) is 67.6 Å². The summed E-state index contributed by atoms with van der Waals surface area (Å²) in [5.74, 6) is -0.0432. The molecular formula is C16H17N3O4S.